The molecule has 0 fully saturated rings. The monoisotopic (exact) mass is 531 g/mol. The maximum atomic E-state index is 13.8. The van der Waals surface area contributed by atoms with Crippen molar-refractivity contribution in [1.29, 1.82) is 0 Å². The Morgan fingerprint density at radius 1 is 0.564 bits per heavy atom. The summed E-state index contributed by atoms with van der Waals surface area (Å²) < 4.78 is 29.3. The first-order valence-electron chi connectivity index (χ1n) is 12.4. The second-order valence-electron chi connectivity index (χ2n) is 9.08. The van der Waals surface area contributed by atoms with E-state index in [1.165, 1.54) is 12.1 Å². The number of rotatable bonds is 8. The summed E-state index contributed by atoms with van der Waals surface area (Å²) in [6.45, 7) is 1.88. The van der Waals surface area contributed by atoms with Crippen LogP contribution in [-0.4, -0.2) is 20.0 Å². The molecule has 0 atom stereocenters. The summed E-state index contributed by atoms with van der Waals surface area (Å²) in [5, 5.41) is 0. The summed E-state index contributed by atoms with van der Waals surface area (Å²) in [4.78, 5) is 27.6. The van der Waals surface area contributed by atoms with E-state index >= 15 is 0 Å². The summed E-state index contributed by atoms with van der Waals surface area (Å²) in [6.07, 6.45) is 0. The van der Waals surface area contributed by atoms with Crippen LogP contribution < -0.4 is 4.72 Å². The van der Waals surface area contributed by atoms with Crippen LogP contribution in [0.15, 0.2) is 132 Å². The average molecular weight is 532 g/mol. The number of hydrogen-bond acceptors (Lipinski definition) is 4. The van der Waals surface area contributed by atoms with Gasteiger partial charge < -0.3 is 0 Å². The molecule has 0 radical (unpaired) electrons. The molecule has 1 N–H and O–H groups in total. The van der Waals surface area contributed by atoms with Gasteiger partial charge in [-0.25, -0.2) is 8.42 Å². The molecule has 0 aliphatic carbocycles. The highest BCUT2D eigenvalue weighted by Crippen LogP contribution is 2.37. The average Bonchev–Trinajstić information content (AvgIpc) is 2.97. The summed E-state index contributed by atoms with van der Waals surface area (Å²) >= 11 is 0. The molecule has 39 heavy (non-hydrogen) atoms. The minimum Gasteiger partial charge on any atom is -0.289 e. The van der Waals surface area contributed by atoms with Crippen LogP contribution in [0.1, 0.15) is 37.4 Å². The van der Waals surface area contributed by atoms with E-state index in [9.17, 15) is 18.0 Å². The molecule has 0 saturated carbocycles. The molecule has 5 aromatic carbocycles. The van der Waals surface area contributed by atoms with E-state index in [1.807, 2.05) is 19.1 Å². The molecule has 5 nitrogen and oxygen atoms in total. The Morgan fingerprint density at radius 2 is 1.05 bits per heavy atom. The lowest BCUT2D eigenvalue weighted by molar-refractivity contribution is 0.103. The summed E-state index contributed by atoms with van der Waals surface area (Å²) in [6, 6.07) is 35.9. The van der Waals surface area contributed by atoms with Crippen LogP contribution in [0.3, 0.4) is 0 Å². The Bertz CT molecular complexity index is 1690. The van der Waals surface area contributed by atoms with Crippen molar-refractivity contribution in [3.8, 4) is 11.1 Å². The normalized spacial score (nSPS) is 11.1. The van der Waals surface area contributed by atoms with E-state index in [1.54, 1.807) is 103 Å². The highest BCUT2D eigenvalue weighted by molar-refractivity contribution is 7.92. The van der Waals surface area contributed by atoms with Gasteiger partial charge in [0.2, 0.25) is 0 Å². The number of benzene rings is 5. The van der Waals surface area contributed by atoms with Crippen LogP contribution in [0.25, 0.3) is 11.1 Å². The predicted octanol–water partition coefficient (Wildman–Crippen LogP) is 6.92. The number of hydrogen-bond donors (Lipinski definition) is 1. The van der Waals surface area contributed by atoms with Gasteiger partial charge >= 0.3 is 0 Å². The first-order valence-corrected chi connectivity index (χ1v) is 13.8. The number of carbonyl (C=O) groups is 2. The Labute approximate surface area is 227 Å². The van der Waals surface area contributed by atoms with E-state index < -0.39 is 10.0 Å². The van der Waals surface area contributed by atoms with E-state index in [2.05, 4.69) is 4.72 Å². The number of nitrogens with one attached hydrogen (secondary N) is 1. The molecule has 0 saturated heterocycles. The van der Waals surface area contributed by atoms with Crippen molar-refractivity contribution < 1.29 is 18.0 Å². The summed E-state index contributed by atoms with van der Waals surface area (Å²) in [7, 11) is -3.95. The maximum absolute atomic E-state index is 13.8. The van der Waals surface area contributed by atoms with Crippen LogP contribution in [0.2, 0.25) is 0 Å². The van der Waals surface area contributed by atoms with Gasteiger partial charge in [0.1, 0.15) is 0 Å². The molecule has 0 aliphatic heterocycles. The molecular weight excluding hydrogens is 506 g/mol. The van der Waals surface area contributed by atoms with Gasteiger partial charge in [-0.2, -0.15) is 0 Å². The fourth-order valence-electron chi connectivity index (χ4n) is 4.42. The zero-order valence-electron chi connectivity index (χ0n) is 21.2. The molecule has 0 bridgehead atoms. The van der Waals surface area contributed by atoms with E-state index in [0.717, 1.165) is 5.56 Å². The molecule has 0 unspecified atom stereocenters. The zero-order valence-corrected chi connectivity index (χ0v) is 22.0. The zero-order chi connectivity index (χ0) is 27.4. The molecule has 0 aromatic heterocycles. The Kier molecular flexibility index (Phi) is 7.21. The lowest BCUT2D eigenvalue weighted by Crippen LogP contribution is -2.15. The Balaban J connectivity index is 1.71. The number of anilines is 1. The van der Waals surface area contributed by atoms with Gasteiger partial charge in [-0.15, -0.1) is 0 Å². The minimum atomic E-state index is -3.95. The lowest BCUT2D eigenvalue weighted by atomic mass is 9.86. The van der Waals surface area contributed by atoms with Crippen LogP contribution >= 0.6 is 0 Å². The highest BCUT2D eigenvalue weighted by Gasteiger charge is 2.25. The smallest absolute Gasteiger partial charge is 0.261 e. The number of carbonyl (C=O) groups excluding carboxylic acids is 2. The molecule has 0 spiro atoms. The number of para-hydroxylation sites is 1. The predicted molar refractivity (Wildman–Crippen MR) is 154 cm³/mol. The van der Waals surface area contributed by atoms with Gasteiger partial charge in [0, 0.05) is 33.4 Å². The van der Waals surface area contributed by atoms with Gasteiger partial charge in [0.25, 0.3) is 10.0 Å². The number of aryl methyl sites for hydroxylation is 1. The SMILES string of the molecule is Cc1ccc(S(=O)(=O)Nc2ccccc2-c2c(C(=O)c3ccccc3)cccc2C(=O)c2ccccc2)cc1. The molecule has 192 valence electrons. The third kappa shape index (κ3) is 5.42. The minimum absolute atomic E-state index is 0.108. The summed E-state index contributed by atoms with van der Waals surface area (Å²) in [5.41, 5.74) is 3.49. The third-order valence-electron chi connectivity index (χ3n) is 6.40. The largest absolute Gasteiger partial charge is 0.289 e. The third-order valence-corrected chi connectivity index (χ3v) is 7.78. The van der Waals surface area contributed by atoms with Gasteiger partial charge in [-0.05, 0) is 25.1 Å². The number of sulfonamides is 1. The van der Waals surface area contributed by atoms with Crippen molar-refractivity contribution >= 4 is 27.3 Å². The van der Waals surface area contributed by atoms with Crippen LogP contribution in [-0.2, 0) is 10.0 Å². The van der Waals surface area contributed by atoms with Crippen molar-refractivity contribution in [3.05, 3.63) is 155 Å². The van der Waals surface area contributed by atoms with Gasteiger partial charge in [-0.1, -0.05) is 115 Å². The Hall–Kier alpha value is -4.81. The molecule has 6 heteroatoms. The highest BCUT2D eigenvalue weighted by atomic mass is 32.2. The van der Waals surface area contributed by atoms with Crippen LogP contribution in [0.4, 0.5) is 5.69 Å². The van der Waals surface area contributed by atoms with Crippen molar-refractivity contribution in [2.75, 3.05) is 4.72 Å². The second-order valence-corrected chi connectivity index (χ2v) is 10.8. The fraction of sp³-hybridized carbons (Fsp3) is 0.0303. The lowest BCUT2D eigenvalue weighted by Gasteiger charge is -2.18. The molecule has 5 aromatic rings. The van der Waals surface area contributed by atoms with Gasteiger partial charge in [0.05, 0.1) is 10.6 Å². The maximum Gasteiger partial charge on any atom is 0.261 e. The van der Waals surface area contributed by atoms with Crippen molar-refractivity contribution in [3.63, 3.8) is 0 Å². The van der Waals surface area contributed by atoms with Gasteiger partial charge in [-0.3, -0.25) is 14.3 Å². The fourth-order valence-corrected chi connectivity index (χ4v) is 5.50. The van der Waals surface area contributed by atoms with Crippen molar-refractivity contribution in [2.45, 2.75) is 11.8 Å². The molecule has 0 amide bonds. The van der Waals surface area contributed by atoms with Crippen LogP contribution in [0, 0.1) is 6.92 Å². The molecular formula is C33H25NO4S. The van der Waals surface area contributed by atoms with E-state index in [-0.39, 0.29) is 22.1 Å². The summed E-state index contributed by atoms with van der Waals surface area (Å²) in [5.74, 6) is -0.547. The molecule has 5 rings (SSSR count). The molecule has 0 aliphatic rings. The first-order chi connectivity index (χ1) is 18.8. The van der Waals surface area contributed by atoms with E-state index in [0.29, 0.717) is 33.4 Å². The Morgan fingerprint density at radius 3 is 1.59 bits per heavy atom. The van der Waals surface area contributed by atoms with Gasteiger partial charge in [0.15, 0.2) is 11.6 Å². The first kappa shape index (κ1) is 25.8. The molecule has 0 heterocycles. The van der Waals surface area contributed by atoms with Crippen molar-refractivity contribution in [2.24, 2.45) is 0 Å². The number of ketones is 2. The second kappa shape index (κ2) is 10.9. The quantitative estimate of drug-likeness (QED) is 0.220. The van der Waals surface area contributed by atoms with Crippen molar-refractivity contribution in [1.82, 2.24) is 0 Å². The van der Waals surface area contributed by atoms with Crippen LogP contribution in [0.5, 0.6) is 0 Å². The van der Waals surface area contributed by atoms with E-state index in [4.69, 9.17) is 0 Å². The topological polar surface area (TPSA) is 80.3 Å². The standard InChI is InChI=1S/C33H25NO4S/c1-23-19-21-26(22-20-23)39(37,38)34-30-18-9-8-15-27(30)31-28(32(35)24-11-4-2-5-12-24)16-10-17-29(31)33(36)25-13-6-3-7-14-25/h2-22,34H,1H3.